The van der Waals surface area contributed by atoms with E-state index in [2.05, 4.69) is 10.1 Å². The topological polar surface area (TPSA) is 76.2 Å². The van der Waals surface area contributed by atoms with E-state index in [-0.39, 0.29) is 11.5 Å². The molecule has 0 aliphatic heterocycles. The molecule has 0 aliphatic rings. The summed E-state index contributed by atoms with van der Waals surface area (Å²) in [5.41, 5.74) is 3.71. The number of carbonyl (C=O) groups is 1. The van der Waals surface area contributed by atoms with Gasteiger partial charge in [0.25, 0.3) is 5.89 Å². The summed E-state index contributed by atoms with van der Waals surface area (Å²) in [6.07, 6.45) is 0. The highest BCUT2D eigenvalue weighted by molar-refractivity contribution is 5.94. The summed E-state index contributed by atoms with van der Waals surface area (Å²) in [7, 11) is 0. The first kappa shape index (κ1) is 14.0. The number of rotatable bonds is 3. The Morgan fingerprint density at radius 3 is 2.59 bits per heavy atom. The van der Waals surface area contributed by atoms with Gasteiger partial charge in [-0.05, 0) is 43.2 Å². The third kappa shape index (κ3) is 2.48. The molecule has 1 N–H and O–H groups in total. The fraction of sp³-hybridized carbons (Fsp3) is 0.118. The van der Waals surface area contributed by atoms with Crippen molar-refractivity contribution in [3.8, 4) is 22.8 Å². The summed E-state index contributed by atoms with van der Waals surface area (Å²) in [5.74, 6) is -0.383. The second kappa shape index (κ2) is 5.44. The monoisotopic (exact) mass is 294 g/mol. The van der Waals surface area contributed by atoms with Crippen molar-refractivity contribution >= 4 is 5.97 Å². The van der Waals surface area contributed by atoms with E-state index in [1.807, 2.05) is 32.0 Å². The van der Waals surface area contributed by atoms with Crippen molar-refractivity contribution in [3.63, 3.8) is 0 Å². The van der Waals surface area contributed by atoms with Gasteiger partial charge in [0.2, 0.25) is 5.82 Å². The Morgan fingerprint density at radius 1 is 1.09 bits per heavy atom. The zero-order valence-corrected chi connectivity index (χ0v) is 12.2. The number of hydrogen-bond acceptors (Lipinski definition) is 4. The van der Waals surface area contributed by atoms with E-state index in [0.29, 0.717) is 11.4 Å². The maximum atomic E-state index is 11.3. The van der Waals surface area contributed by atoms with E-state index in [1.165, 1.54) is 11.6 Å². The van der Waals surface area contributed by atoms with E-state index in [1.54, 1.807) is 18.2 Å². The number of hydrogen-bond donors (Lipinski definition) is 1. The fourth-order valence-corrected chi connectivity index (χ4v) is 2.19. The molecule has 5 heteroatoms. The van der Waals surface area contributed by atoms with Crippen LogP contribution < -0.4 is 0 Å². The standard InChI is InChI=1S/C17H14N2O3/c1-10-7-8-12(9-11(10)2)15-18-16(22-19-15)13-5-3-4-6-14(13)17(20)21/h3-9H,1-2H3,(H,20,21). The van der Waals surface area contributed by atoms with Gasteiger partial charge in [0.15, 0.2) is 0 Å². The van der Waals surface area contributed by atoms with Crippen molar-refractivity contribution in [1.82, 2.24) is 10.1 Å². The second-order valence-corrected chi connectivity index (χ2v) is 5.07. The molecule has 0 radical (unpaired) electrons. The molecule has 0 spiro atoms. The van der Waals surface area contributed by atoms with Crippen LogP contribution in [-0.4, -0.2) is 21.2 Å². The van der Waals surface area contributed by atoms with Crippen LogP contribution in [0.15, 0.2) is 47.0 Å². The highest BCUT2D eigenvalue weighted by Crippen LogP contribution is 2.26. The van der Waals surface area contributed by atoms with Crippen molar-refractivity contribution in [2.24, 2.45) is 0 Å². The Hall–Kier alpha value is -2.95. The molecule has 0 fully saturated rings. The van der Waals surface area contributed by atoms with E-state index in [0.717, 1.165) is 11.1 Å². The molecule has 1 heterocycles. The molecular weight excluding hydrogens is 280 g/mol. The molecule has 5 nitrogen and oxygen atoms in total. The normalized spacial score (nSPS) is 10.6. The highest BCUT2D eigenvalue weighted by Gasteiger charge is 2.17. The van der Waals surface area contributed by atoms with E-state index in [4.69, 9.17) is 4.52 Å². The van der Waals surface area contributed by atoms with Crippen molar-refractivity contribution < 1.29 is 14.4 Å². The average molecular weight is 294 g/mol. The lowest BCUT2D eigenvalue weighted by Gasteiger charge is -2.01. The zero-order chi connectivity index (χ0) is 15.7. The van der Waals surface area contributed by atoms with Crippen molar-refractivity contribution in [3.05, 3.63) is 59.2 Å². The Kier molecular flexibility index (Phi) is 3.47. The van der Waals surface area contributed by atoms with E-state index in [9.17, 15) is 9.90 Å². The Bertz CT molecular complexity index is 853. The molecule has 0 atom stereocenters. The molecule has 3 rings (SSSR count). The van der Waals surface area contributed by atoms with Crippen molar-refractivity contribution in [1.29, 1.82) is 0 Å². The molecule has 3 aromatic rings. The van der Waals surface area contributed by atoms with Crippen LogP contribution in [0.1, 0.15) is 21.5 Å². The van der Waals surface area contributed by atoms with Gasteiger partial charge in [-0.3, -0.25) is 0 Å². The highest BCUT2D eigenvalue weighted by atomic mass is 16.5. The van der Waals surface area contributed by atoms with Gasteiger partial charge < -0.3 is 9.63 Å². The number of aryl methyl sites for hydroxylation is 2. The summed E-state index contributed by atoms with van der Waals surface area (Å²) in [5, 5.41) is 13.2. The van der Waals surface area contributed by atoms with Crippen LogP contribution >= 0.6 is 0 Å². The van der Waals surface area contributed by atoms with Gasteiger partial charge in [-0.15, -0.1) is 0 Å². The number of nitrogens with zero attached hydrogens (tertiary/aromatic N) is 2. The van der Waals surface area contributed by atoms with Gasteiger partial charge >= 0.3 is 5.97 Å². The predicted octanol–water partition coefficient (Wildman–Crippen LogP) is 3.72. The van der Waals surface area contributed by atoms with Gasteiger partial charge in [0, 0.05) is 5.56 Å². The number of carboxylic acid groups (broad SMARTS) is 1. The number of aromatic carboxylic acids is 1. The average Bonchev–Trinajstić information content (AvgIpc) is 3.00. The Morgan fingerprint density at radius 2 is 1.86 bits per heavy atom. The third-order valence-electron chi connectivity index (χ3n) is 3.58. The molecule has 0 saturated heterocycles. The van der Waals surface area contributed by atoms with Gasteiger partial charge in [-0.1, -0.05) is 29.4 Å². The first-order chi connectivity index (χ1) is 10.6. The first-order valence-corrected chi connectivity index (χ1v) is 6.80. The molecule has 0 aliphatic carbocycles. The lowest BCUT2D eigenvalue weighted by Crippen LogP contribution is -1.99. The molecule has 2 aromatic carbocycles. The molecule has 0 saturated carbocycles. The Balaban J connectivity index is 2.04. The zero-order valence-electron chi connectivity index (χ0n) is 12.2. The second-order valence-electron chi connectivity index (χ2n) is 5.07. The molecular formula is C17H14N2O3. The Labute approximate surface area is 127 Å². The van der Waals surface area contributed by atoms with E-state index >= 15 is 0 Å². The van der Waals surface area contributed by atoms with Crippen LogP contribution in [0.2, 0.25) is 0 Å². The summed E-state index contributed by atoms with van der Waals surface area (Å²) in [6, 6.07) is 12.5. The largest absolute Gasteiger partial charge is 0.478 e. The van der Waals surface area contributed by atoms with Crippen molar-refractivity contribution in [2.75, 3.05) is 0 Å². The van der Waals surface area contributed by atoms with Gasteiger partial charge in [0.1, 0.15) is 0 Å². The molecule has 22 heavy (non-hydrogen) atoms. The van der Waals surface area contributed by atoms with Crippen LogP contribution in [0.5, 0.6) is 0 Å². The van der Waals surface area contributed by atoms with Crippen molar-refractivity contribution in [2.45, 2.75) is 13.8 Å². The summed E-state index contributed by atoms with van der Waals surface area (Å²) < 4.78 is 5.24. The van der Waals surface area contributed by atoms with Crippen LogP contribution in [0.4, 0.5) is 0 Å². The third-order valence-corrected chi connectivity index (χ3v) is 3.58. The number of benzene rings is 2. The maximum absolute atomic E-state index is 11.3. The molecule has 0 amide bonds. The van der Waals surface area contributed by atoms with E-state index < -0.39 is 5.97 Å². The minimum atomic E-state index is -1.03. The van der Waals surface area contributed by atoms with Gasteiger partial charge in [0.05, 0.1) is 11.1 Å². The lowest BCUT2D eigenvalue weighted by atomic mass is 10.1. The smallest absolute Gasteiger partial charge is 0.336 e. The summed E-state index contributed by atoms with van der Waals surface area (Å²) >= 11 is 0. The van der Waals surface area contributed by atoms with Crippen LogP contribution in [-0.2, 0) is 0 Å². The number of carboxylic acids is 1. The lowest BCUT2D eigenvalue weighted by molar-refractivity contribution is 0.0697. The van der Waals surface area contributed by atoms with Gasteiger partial charge in [-0.2, -0.15) is 4.98 Å². The quantitative estimate of drug-likeness (QED) is 0.796. The minimum absolute atomic E-state index is 0.137. The minimum Gasteiger partial charge on any atom is -0.478 e. The molecule has 0 bridgehead atoms. The fourth-order valence-electron chi connectivity index (χ4n) is 2.19. The molecule has 1 aromatic heterocycles. The first-order valence-electron chi connectivity index (χ1n) is 6.80. The van der Waals surface area contributed by atoms with Crippen LogP contribution in [0.25, 0.3) is 22.8 Å². The summed E-state index contributed by atoms with van der Waals surface area (Å²) in [4.78, 5) is 15.6. The molecule has 110 valence electrons. The van der Waals surface area contributed by atoms with Gasteiger partial charge in [-0.25, -0.2) is 4.79 Å². The van der Waals surface area contributed by atoms with Crippen LogP contribution in [0.3, 0.4) is 0 Å². The summed E-state index contributed by atoms with van der Waals surface area (Å²) in [6.45, 7) is 4.05. The van der Waals surface area contributed by atoms with Crippen LogP contribution in [0, 0.1) is 13.8 Å². The SMILES string of the molecule is Cc1ccc(-c2noc(-c3ccccc3C(=O)O)n2)cc1C. The molecule has 0 unspecified atom stereocenters. The number of aromatic nitrogens is 2. The predicted molar refractivity (Wildman–Crippen MR) is 81.6 cm³/mol. The maximum Gasteiger partial charge on any atom is 0.336 e.